The average molecular weight is 575 g/mol. The molecule has 0 bridgehead atoms. The average Bonchev–Trinajstić information content (AvgIpc) is 2.93. The molecule has 0 saturated heterocycles. The number of aliphatic carboxylic acids is 1. The lowest BCUT2D eigenvalue weighted by Crippen LogP contribution is -2.57. The molecule has 0 heterocycles. The van der Waals surface area contributed by atoms with E-state index in [0.29, 0.717) is 23.6 Å². The SMILES string of the molecule is C[C@H](NC(=O)[C@@H](Cc1ccc(Cl)cc1)NC(=O)[C@H](COCc1ccccc1)NC(=O)CCCCCCN)C(=O)O. The van der Waals surface area contributed by atoms with E-state index >= 15 is 0 Å². The summed E-state index contributed by atoms with van der Waals surface area (Å²) in [4.78, 5) is 50.3. The first-order chi connectivity index (χ1) is 19.2. The van der Waals surface area contributed by atoms with Gasteiger partial charge in [-0.15, -0.1) is 0 Å². The molecule has 0 aromatic heterocycles. The number of nitrogens with two attached hydrogens (primary N) is 1. The summed E-state index contributed by atoms with van der Waals surface area (Å²) in [5, 5.41) is 17.5. The van der Waals surface area contributed by atoms with Gasteiger partial charge in [-0.3, -0.25) is 19.2 Å². The first-order valence-electron chi connectivity index (χ1n) is 13.4. The van der Waals surface area contributed by atoms with Crippen molar-refractivity contribution in [3.63, 3.8) is 0 Å². The number of halogens is 1. The lowest BCUT2D eigenvalue weighted by atomic mass is 10.0. The number of nitrogens with one attached hydrogen (secondary N) is 3. The fourth-order valence-corrected chi connectivity index (χ4v) is 3.94. The fraction of sp³-hybridized carbons (Fsp3) is 0.448. The summed E-state index contributed by atoms with van der Waals surface area (Å²) in [6.07, 6.45) is 3.62. The molecule has 0 aliphatic rings. The van der Waals surface area contributed by atoms with Crippen LogP contribution >= 0.6 is 11.6 Å². The highest BCUT2D eigenvalue weighted by Crippen LogP contribution is 2.12. The first-order valence-corrected chi connectivity index (χ1v) is 13.8. The summed E-state index contributed by atoms with van der Waals surface area (Å²) >= 11 is 5.97. The molecule has 2 rings (SSSR count). The van der Waals surface area contributed by atoms with Crippen LogP contribution in [0.5, 0.6) is 0 Å². The maximum atomic E-state index is 13.4. The Morgan fingerprint density at radius 3 is 2.15 bits per heavy atom. The number of carbonyl (C=O) groups is 4. The van der Waals surface area contributed by atoms with Crippen molar-refractivity contribution in [1.82, 2.24) is 16.0 Å². The van der Waals surface area contributed by atoms with Crippen LogP contribution in [0.15, 0.2) is 54.6 Å². The van der Waals surface area contributed by atoms with Crippen molar-refractivity contribution in [2.45, 2.75) is 70.2 Å². The van der Waals surface area contributed by atoms with Gasteiger partial charge in [-0.2, -0.15) is 0 Å². The number of hydrogen-bond acceptors (Lipinski definition) is 6. The number of benzene rings is 2. The zero-order valence-corrected chi connectivity index (χ0v) is 23.5. The van der Waals surface area contributed by atoms with Crippen molar-refractivity contribution in [3.8, 4) is 0 Å². The Kier molecular flexibility index (Phi) is 14.7. The molecule has 0 radical (unpaired) electrons. The minimum Gasteiger partial charge on any atom is -0.480 e. The molecule has 11 heteroatoms. The smallest absolute Gasteiger partial charge is 0.325 e. The number of carboxylic acids is 1. The van der Waals surface area contributed by atoms with Crippen LogP contribution in [0.3, 0.4) is 0 Å². The molecular weight excluding hydrogens is 536 g/mol. The third-order valence-corrected chi connectivity index (χ3v) is 6.37. The van der Waals surface area contributed by atoms with Gasteiger partial charge < -0.3 is 31.5 Å². The molecule has 0 spiro atoms. The van der Waals surface area contributed by atoms with Crippen LogP contribution < -0.4 is 21.7 Å². The van der Waals surface area contributed by atoms with Crippen LogP contribution in [0.4, 0.5) is 0 Å². The van der Waals surface area contributed by atoms with Gasteiger partial charge in [0.05, 0.1) is 13.2 Å². The van der Waals surface area contributed by atoms with Crippen LogP contribution in [0.1, 0.15) is 50.2 Å². The predicted molar refractivity (Wildman–Crippen MR) is 152 cm³/mol. The quantitative estimate of drug-likeness (QED) is 0.171. The van der Waals surface area contributed by atoms with Gasteiger partial charge in [0.2, 0.25) is 17.7 Å². The largest absolute Gasteiger partial charge is 0.480 e. The van der Waals surface area contributed by atoms with Gasteiger partial charge in [-0.1, -0.05) is 66.9 Å². The molecule has 2 aromatic carbocycles. The van der Waals surface area contributed by atoms with Crippen molar-refractivity contribution < 1.29 is 29.0 Å². The fourth-order valence-electron chi connectivity index (χ4n) is 3.82. The summed E-state index contributed by atoms with van der Waals surface area (Å²) in [6.45, 7) is 2.03. The second-order valence-corrected chi connectivity index (χ2v) is 9.97. The van der Waals surface area contributed by atoms with Crippen LogP contribution in [0.25, 0.3) is 0 Å². The predicted octanol–water partition coefficient (Wildman–Crippen LogP) is 2.57. The molecule has 6 N–H and O–H groups in total. The second kappa shape index (κ2) is 18.0. The van der Waals surface area contributed by atoms with E-state index in [0.717, 1.165) is 24.8 Å². The number of carboxylic acid groups (broad SMARTS) is 1. The van der Waals surface area contributed by atoms with Gasteiger partial charge >= 0.3 is 5.97 Å². The molecular formula is C29H39ClN4O6. The van der Waals surface area contributed by atoms with Gasteiger partial charge in [0.25, 0.3) is 0 Å². The van der Waals surface area contributed by atoms with Crippen LogP contribution in [-0.2, 0) is 36.9 Å². The summed E-state index contributed by atoms with van der Waals surface area (Å²) in [7, 11) is 0. The van der Waals surface area contributed by atoms with Crippen molar-refractivity contribution >= 4 is 35.3 Å². The third-order valence-electron chi connectivity index (χ3n) is 6.12. The van der Waals surface area contributed by atoms with Crippen LogP contribution in [-0.4, -0.2) is 60.1 Å². The molecule has 218 valence electrons. The summed E-state index contributed by atoms with van der Waals surface area (Å²) in [5.41, 5.74) is 7.11. The Hall–Kier alpha value is -3.47. The summed E-state index contributed by atoms with van der Waals surface area (Å²) in [6, 6.07) is 12.8. The number of hydrogen-bond donors (Lipinski definition) is 5. The molecule has 3 atom stereocenters. The third kappa shape index (κ3) is 12.6. The second-order valence-electron chi connectivity index (χ2n) is 9.53. The minimum absolute atomic E-state index is 0.0771. The highest BCUT2D eigenvalue weighted by Gasteiger charge is 2.29. The Balaban J connectivity index is 2.13. The van der Waals surface area contributed by atoms with E-state index in [4.69, 9.17) is 22.1 Å². The Labute approximate surface area is 240 Å². The number of unbranched alkanes of at least 4 members (excludes halogenated alkanes) is 3. The van der Waals surface area contributed by atoms with Crippen molar-refractivity contribution in [3.05, 3.63) is 70.7 Å². The van der Waals surface area contributed by atoms with E-state index in [-0.39, 0.29) is 32.0 Å². The van der Waals surface area contributed by atoms with Gasteiger partial charge in [0, 0.05) is 17.9 Å². The molecule has 0 aliphatic carbocycles. The molecule has 0 saturated carbocycles. The maximum Gasteiger partial charge on any atom is 0.325 e. The summed E-state index contributed by atoms with van der Waals surface area (Å²) in [5.74, 6) is -2.82. The van der Waals surface area contributed by atoms with Crippen molar-refractivity contribution in [2.75, 3.05) is 13.2 Å². The topological polar surface area (TPSA) is 160 Å². The minimum atomic E-state index is -1.21. The maximum absolute atomic E-state index is 13.4. The highest BCUT2D eigenvalue weighted by molar-refractivity contribution is 6.30. The molecule has 0 aliphatic heterocycles. The zero-order valence-electron chi connectivity index (χ0n) is 22.7. The molecule has 0 unspecified atom stereocenters. The number of carbonyl (C=O) groups excluding carboxylic acids is 3. The zero-order chi connectivity index (χ0) is 29.3. The Morgan fingerprint density at radius 1 is 0.850 bits per heavy atom. The molecule has 40 heavy (non-hydrogen) atoms. The number of amides is 3. The van der Waals surface area contributed by atoms with E-state index in [1.54, 1.807) is 24.3 Å². The lowest BCUT2D eigenvalue weighted by molar-refractivity contribution is -0.141. The Bertz CT molecular complexity index is 1080. The standard InChI is InChI=1S/C29H39ClN4O6/c1-20(29(38)39)32-27(36)24(17-21-12-14-23(30)15-13-21)34-28(37)25(19-40-18-22-9-5-4-6-10-22)33-26(35)11-7-2-3-8-16-31/h4-6,9-10,12-15,20,24-25H,2-3,7-8,11,16-19,31H2,1H3,(H,32,36)(H,33,35)(H,34,37)(H,38,39)/t20-,24+,25-/m0/s1. The van der Waals surface area contributed by atoms with Crippen molar-refractivity contribution in [2.24, 2.45) is 5.73 Å². The van der Waals surface area contributed by atoms with Crippen LogP contribution in [0.2, 0.25) is 5.02 Å². The van der Waals surface area contributed by atoms with Crippen LogP contribution in [0, 0.1) is 0 Å². The summed E-state index contributed by atoms with van der Waals surface area (Å²) < 4.78 is 5.75. The van der Waals surface area contributed by atoms with E-state index in [1.165, 1.54) is 6.92 Å². The van der Waals surface area contributed by atoms with Gasteiger partial charge in [-0.05, 0) is 49.6 Å². The lowest BCUT2D eigenvalue weighted by Gasteiger charge is -2.24. The van der Waals surface area contributed by atoms with Crippen molar-refractivity contribution in [1.29, 1.82) is 0 Å². The number of rotatable bonds is 18. The Morgan fingerprint density at radius 2 is 1.50 bits per heavy atom. The first kappa shape index (κ1) is 32.7. The van der Waals surface area contributed by atoms with Gasteiger partial charge in [0.1, 0.15) is 18.1 Å². The molecule has 0 fully saturated rings. The molecule has 3 amide bonds. The van der Waals surface area contributed by atoms with Gasteiger partial charge in [-0.25, -0.2) is 0 Å². The van der Waals surface area contributed by atoms with E-state index in [1.807, 2.05) is 30.3 Å². The van der Waals surface area contributed by atoms with E-state index in [9.17, 15) is 24.3 Å². The van der Waals surface area contributed by atoms with Gasteiger partial charge in [0.15, 0.2) is 0 Å². The van der Waals surface area contributed by atoms with E-state index < -0.39 is 35.9 Å². The van der Waals surface area contributed by atoms with E-state index in [2.05, 4.69) is 16.0 Å². The monoisotopic (exact) mass is 574 g/mol. The normalized spacial score (nSPS) is 13.1. The molecule has 10 nitrogen and oxygen atoms in total. The number of ether oxygens (including phenoxy) is 1. The molecule has 2 aromatic rings. The highest BCUT2D eigenvalue weighted by atomic mass is 35.5.